The summed E-state index contributed by atoms with van der Waals surface area (Å²) in [4.78, 5) is 33.8. The lowest BCUT2D eigenvalue weighted by Gasteiger charge is -2.13. The minimum absolute atomic E-state index is 0.112. The number of urea groups is 1. The van der Waals surface area contributed by atoms with Crippen molar-refractivity contribution in [3.63, 3.8) is 0 Å². The molecule has 0 aliphatic heterocycles. The Morgan fingerprint density at radius 1 is 1.39 bits per heavy atom. The monoisotopic (exact) mass is 252 g/mol. The SMILES string of the molecule is CN(C)C(=O)Nc1ccc([N+](=O)[O-])cc1C(N)=O. The van der Waals surface area contributed by atoms with Crippen molar-refractivity contribution in [3.05, 3.63) is 33.9 Å². The van der Waals surface area contributed by atoms with Crippen molar-refractivity contribution >= 4 is 23.3 Å². The van der Waals surface area contributed by atoms with Crippen LogP contribution < -0.4 is 11.1 Å². The number of nitrogens with two attached hydrogens (primary N) is 1. The van der Waals surface area contributed by atoms with Gasteiger partial charge in [-0.05, 0) is 6.07 Å². The van der Waals surface area contributed by atoms with Gasteiger partial charge in [-0.2, -0.15) is 0 Å². The number of nitro benzene ring substituents is 1. The molecule has 3 N–H and O–H groups in total. The molecule has 0 spiro atoms. The van der Waals surface area contributed by atoms with Crippen LogP contribution in [0.15, 0.2) is 18.2 Å². The summed E-state index contributed by atoms with van der Waals surface area (Å²) in [6.07, 6.45) is 0. The van der Waals surface area contributed by atoms with Crippen LogP contribution in [0.5, 0.6) is 0 Å². The first kappa shape index (κ1) is 13.4. The van der Waals surface area contributed by atoms with E-state index in [-0.39, 0.29) is 16.9 Å². The van der Waals surface area contributed by atoms with Crippen molar-refractivity contribution in [3.8, 4) is 0 Å². The van der Waals surface area contributed by atoms with Crippen molar-refractivity contribution in [2.75, 3.05) is 19.4 Å². The van der Waals surface area contributed by atoms with Crippen molar-refractivity contribution < 1.29 is 14.5 Å². The second kappa shape index (κ2) is 5.13. The number of amides is 3. The molecule has 96 valence electrons. The molecule has 8 heteroatoms. The van der Waals surface area contributed by atoms with E-state index in [0.717, 1.165) is 6.07 Å². The Labute approximate surface area is 103 Å². The van der Waals surface area contributed by atoms with Gasteiger partial charge in [-0.25, -0.2) is 4.79 Å². The second-order valence-corrected chi connectivity index (χ2v) is 3.68. The highest BCUT2D eigenvalue weighted by atomic mass is 16.6. The molecule has 0 bridgehead atoms. The molecule has 0 fully saturated rings. The Balaban J connectivity index is 3.16. The third-order valence-electron chi connectivity index (χ3n) is 2.13. The predicted octanol–water partition coefficient (Wildman–Crippen LogP) is 0.787. The Morgan fingerprint density at radius 2 is 2.00 bits per heavy atom. The summed E-state index contributed by atoms with van der Waals surface area (Å²) in [6, 6.07) is 3.00. The minimum Gasteiger partial charge on any atom is -0.366 e. The van der Waals surface area contributed by atoms with Gasteiger partial charge in [0.25, 0.3) is 11.6 Å². The molecule has 0 aliphatic carbocycles. The molecule has 18 heavy (non-hydrogen) atoms. The number of anilines is 1. The smallest absolute Gasteiger partial charge is 0.321 e. The van der Waals surface area contributed by atoms with Gasteiger partial charge in [-0.3, -0.25) is 14.9 Å². The van der Waals surface area contributed by atoms with E-state index in [9.17, 15) is 19.7 Å². The molecule has 8 nitrogen and oxygen atoms in total. The lowest BCUT2D eigenvalue weighted by Crippen LogP contribution is -2.28. The number of nitrogens with zero attached hydrogens (tertiary/aromatic N) is 2. The van der Waals surface area contributed by atoms with E-state index in [1.807, 2.05) is 0 Å². The summed E-state index contributed by atoms with van der Waals surface area (Å²) in [5, 5.41) is 13.0. The maximum absolute atomic E-state index is 11.4. The van der Waals surface area contributed by atoms with E-state index in [1.165, 1.54) is 31.1 Å². The lowest BCUT2D eigenvalue weighted by molar-refractivity contribution is -0.384. The zero-order valence-corrected chi connectivity index (χ0v) is 9.84. The van der Waals surface area contributed by atoms with Crippen LogP contribution in [0.4, 0.5) is 16.2 Å². The van der Waals surface area contributed by atoms with E-state index in [1.54, 1.807) is 0 Å². The highest BCUT2D eigenvalue weighted by Gasteiger charge is 2.16. The van der Waals surface area contributed by atoms with Gasteiger partial charge in [0.15, 0.2) is 0 Å². The number of nitro groups is 1. The standard InChI is InChI=1S/C10H12N4O4/c1-13(2)10(16)12-8-4-3-6(14(17)18)5-7(8)9(11)15/h3-5H,1-2H3,(H2,11,15)(H,12,16). The number of carbonyl (C=O) groups is 2. The number of non-ortho nitro benzene ring substituents is 1. The number of rotatable bonds is 3. The van der Waals surface area contributed by atoms with Gasteiger partial charge in [-0.15, -0.1) is 0 Å². The van der Waals surface area contributed by atoms with Crippen molar-refractivity contribution in [1.29, 1.82) is 0 Å². The molecule has 1 aromatic rings. The Kier molecular flexibility index (Phi) is 3.82. The van der Waals surface area contributed by atoms with Crippen LogP contribution in [0.2, 0.25) is 0 Å². The first-order valence-electron chi connectivity index (χ1n) is 4.89. The number of hydrogen-bond acceptors (Lipinski definition) is 4. The average Bonchev–Trinajstić information content (AvgIpc) is 2.28. The summed E-state index contributed by atoms with van der Waals surface area (Å²) in [7, 11) is 3.04. The van der Waals surface area contributed by atoms with Crippen molar-refractivity contribution in [1.82, 2.24) is 4.90 Å². The number of benzene rings is 1. The van der Waals surface area contributed by atoms with Crippen LogP contribution in [-0.4, -0.2) is 35.9 Å². The van der Waals surface area contributed by atoms with Gasteiger partial charge < -0.3 is 16.0 Å². The van der Waals surface area contributed by atoms with Crippen LogP contribution in [0.1, 0.15) is 10.4 Å². The highest BCUT2D eigenvalue weighted by molar-refractivity contribution is 6.03. The van der Waals surface area contributed by atoms with E-state index in [2.05, 4.69) is 5.32 Å². The molecule has 3 amide bonds. The molecule has 0 aliphatic rings. The van der Waals surface area contributed by atoms with Crippen LogP contribution >= 0.6 is 0 Å². The minimum atomic E-state index is -0.854. The Morgan fingerprint density at radius 3 is 2.44 bits per heavy atom. The maximum atomic E-state index is 11.4. The summed E-state index contributed by atoms with van der Waals surface area (Å²) in [5.74, 6) is -0.854. The number of nitrogens with one attached hydrogen (secondary N) is 1. The molecular formula is C10H12N4O4. The molecule has 0 radical (unpaired) electrons. The molecule has 0 saturated heterocycles. The van der Waals surface area contributed by atoms with E-state index in [0.29, 0.717) is 0 Å². The summed E-state index contributed by atoms with van der Waals surface area (Å²) in [5.41, 5.74) is 4.86. The van der Waals surface area contributed by atoms with Gasteiger partial charge in [0, 0.05) is 26.2 Å². The Hall–Kier alpha value is -2.64. The van der Waals surface area contributed by atoms with Gasteiger partial charge in [0.2, 0.25) is 0 Å². The van der Waals surface area contributed by atoms with Crippen LogP contribution in [0.3, 0.4) is 0 Å². The maximum Gasteiger partial charge on any atom is 0.321 e. The highest BCUT2D eigenvalue weighted by Crippen LogP contribution is 2.21. The zero-order chi connectivity index (χ0) is 13.9. The molecule has 0 atom stereocenters. The number of carbonyl (C=O) groups excluding carboxylic acids is 2. The Bertz CT molecular complexity index is 513. The van der Waals surface area contributed by atoms with Gasteiger partial charge in [-0.1, -0.05) is 0 Å². The van der Waals surface area contributed by atoms with Crippen LogP contribution in [-0.2, 0) is 0 Å². The summed E-state index contributed by atoms with van der Waals surface area (Å²) >= 11 is 0. The van der Waals surface area contributed by atoms with Crippen LogP contribution in [0, 0.1) is 10.1 Å². The molecule has 0 heterocycles. The quantitative estimate of drug-likeness (QED) is 0.610. The topological polar surface area (TPSA) is 119 Å². The third kappa shape index (κ3) is 2.94. The first-order chi connectivity index (χ1) is 8.32. The number of hydrogen-bond donors (Lipinski definition) is 2. The van der Waals surface area contributed by atoms with Crippen LogP contribution in [0.25, 0.3) is 0 Å². The van der Waals surface area contributed by atoms with E-state index < -0.39 is 16.9 Å². The van der Waals surface area contributed by atoms with Gasteiger partial charge in [0.1, 0.15) is 0 Å². The van der Waals surface area contributed by atoms with Crippen molar-refractivity contribution in [2.24, 2.45) is 5.73 Å². The molecule has 0 aromatic heterocycles. The molecular weight excluding hydrogens is 240 g/mol. The molecule has 0 saturated carbocycles. The largest absolute Gasteiger partial charge is 0.366 e. The molecule has 1 rings (SSSR count). The van der Waals surface area contributed by atoms with E-state index >= 15 is 0 Å². The third-order valence-corrected chi connectivity index (χ3v) is 2.13. The number of primary amides is 1. The fourth-order valence-corrected chi connectivity index (χ4v) is 1.19. The molecule has 0 unspecified atom stereocenters. The fraction of sp³-hybridized carbons (Fsp3) is 0.200. The van der Waals surface area contributed by atoms with E-state index in [4.69, 9.17) is 5.73 Å². The van der Waals surface area contributed by atoms with Gasteiger partial charge in [0.05, 0.1) is 16.2 Å². The summed E-state index contributed by atoms with van der Waals surface area (Å²) in [6.45, 7) is 0. The zero-order valence-electron chi connectivity index (χ0n) is 9.84. The second-order valence-electron chi connectivity index (χ2n) is 3.68. The summed E-state index contributed by atoms with van der Waals surface area (Å²) < 4.78 is 0. The van der Waals surface area contributed by atoms with Gasteiger partial charge >= 0.3 is 6.03 Å². The van der Waals surface area contributed by atoms with Crippen molar-refractivity contribution in [2.45, 2.75) is 0 Å². The predicted molar refractivity (Wildman–Crippen MR) is 64.3 cm³/mol. The normalized spacial score (nSPS) is 9.67. The molecule has 1 aromatic carbocycles. The lowest BCUT2D eigenvalue weighted by atomic mass is 10.1. The fourth-order valence-electron chi connectivity index (χ4n) is 1.19. The first-order valence-corrected chi connectivity index (χ1v) is 4.89. The average molecular weight is 252 g/mol.